The average Bonchev–Trinajstić information content (AvgIpc) is 3.12. The number of ether oxygens (including phenoxy) is 2. The maximum absolute atomic E-state index is 12.0. The molecule has 3 aromatic rings. The van der Waals surface area contributed by atoms with E-state index in [4.69, 9.17) is 26.2 Å². The standard InChI is InChI=1S/C22H26ClN5O3/c1-22(2,3)31-21(29)25-12-17-14-27(10-11-30-17)20-18-8-9-24-13-19(18)28(26-20)16-6-4-15(23)5-7-16/h4-9,13,17H,10-12,14H2,1-3H3,(H,25,29). The number of hydrogen-bond donors (Lipinski definition) is 1. The van der Waals surface area contributed by atoms with Crippen LogP contribution in [0, 0.1) is 0 Å². The molecule has 0 bridgehead atoms. The van der Waals surface area contributed by atoms with Crippen molar-refractivity contribution in [2.45, 2.75) is 32.5 Å². The SMILES string of the molecule is CC(C)(C)OC(=O)NCC1CN(c2nn(-c3ccc(Cl)cc3)c3cnccc23)CCO1. The van der Waals surface area contributed by atoms with Gasteiger partial charge in [-0.1, -0.05) is 11.6 Å². The molecule has 2 aromatic heterocycles. The van der Waals surface area contributed by atoms with Crippen LogP contribution in [0.1, 0.15) is 20.8 Å². The van der Waals surface area contributed by atoms with Crippen molar-refractivity contribution in [2.75, 3.05) is 31.1 Å². The van der Waals surface area contributed by atoms with E-state index in [1.165, 1.54) is 0 Å². The Morgan fingerprint density at radius 3 is 2.81 bits per heavy atom. The molecule has 0 saturated carbocycles. The lowest BCUT2D eigenvalue weighted by atomic mass is 10.2. The summed E-state index contributed by atoms with van der Waals surface area (Å²) in [5, 5.41) is 9.35. The minimum atomic E-state index is -0.537. The second kappa shape index (κ2) is 8.72. The van der Waals surface area contributed by atoms with Gasteiger partial charge in [0.1, 0.15) is 5.60 Å². The fraction of sp³-hybridized carbons (Fsp3) is 0.409. The number of halogens is 1. The maximum Gasteiger partial charge on any atom is 0.407 e. The molecular weight excluding hydrogens is 418 g/mol. The normalized spacial score (nSPS) is 17.0. The Labute approximate surface area is 186 Å². The van der Waals surface area contributed by atoms with Crippen molar-refractivity contribution in [3.8, 4) is 5.69 Å². The first-order valence-electron chi connectivity index (χ1n) is 10.2. The molecule has 0 spiro atoms. The fourth-order valence-corrected chi connectivity index (χ4v) is 3.63. The highest BCUT2D eigenvalue weighted by atomic mass is 35.5. The number of morpholine rings is 1. The van der Waals surface area contributed by atoms with E-state index in [9.17, 15) is 4.79 Å². The van der Waals surface area contributed by atoms with E-state index in [1.54, 1.807) is 6.20 Å². The molecule has 3 heterocycles. The summed E-state index contributed by atoms with van der Waals surface area (Å²) in [4.78, 5) is 18.4. The predicted molar refractivity (Wildman–Crippen MR) is 120 cm³/mol. The van der Waals surface area contributed by atoms with Gasteiger partial charge < -0.3 is 19.7 Å². The first kappa shape index (κ1) is 21.4. The van der Waals surface area contributed by atoms with Gasteiger partial charge in [-0.3, -0.25) is 4.98 Å². The predicted octanol–water partition coefficient (Wildman–Crippen LogP) is 3.80. The average molecular weight is 444 g/mol. The molecular formula is C22H26ClN5O3. The monoisotopic (exact) mass is 443 g/mol. The molecule has 164 valence electrons. The molecule has 4 rings (SSSR count). The molecule has 1 unspecified atom stereocenters. The summed E-state index contributed by atoms with van der Waals surface area (Å²) in [5.74, 6) is 0.859. The first-order chi connectivity index (χ1) is 14.8. The van der Waals surface area contributed by atoms with Crippen LogP contribution in [0.2, 0.25) is 5.02 Å². The van der Waals surface area contributed by atoms with Crippen LogP contribution in [0.3, 0.4) is 0 Å². The van der Waals surface area contributed by atoms with Gasteiger partial charge in [-0.05, 0) is 51.1 Å². The van der Waals surface area contributed by atoms with Gasteiger partial charge in [-0.15, -0.1) is 5.10 Å². The lowest BCUT2D eigenvalue weighted by molar-refractivity contribution is 0.0281. The van der Waals surface area contributed by atoms with E-state index in [2.05, 4.69) is 15.2 Å². The summed E-state index contributed by atoms with van der Waals surface area (Å²) in [5.41, 5.74) is 1.28. The zero-order chi connectivity index (χ0) is 22.0. The minimum Gasteiger partial charge on any atom is -0.444 e. The van der Waals surface area contributed by atoms with Crippen molar-refractivity contribution in [2.24, 2.45) is 0 Å². The van der Waals surface area contributed by atoms with Crippen molar-refractivity contribution < 1.29 is 14.3 Å². The molecule has 1 saturated heterocycles. The summed E-state index contributed by atoms with van der Waals surface area (Å²) in [6, 6.07) is 9.51. The Morgan fingerprint density at radius 1 is 1.29 bits per heavy atom. The molecule has 1 amide bonds. The van der Waals surface area contributed by atoms with Crippen LogP contribution < -0.4 is 10.2 Å². The number of carbonyl (C=O) groups is 1. The van der Waals surface area contributed by atoms with E-state index in [1.807, 2.05) is 62.0 Å². The van der Waals surface area contributed by atoms with Gasteiger partial charge in [0.25, 0.3) is 0 Å². The van der Waals surface area contributed by atoms with Crippen LogP contribution in [0.25, 0.3) is 16.6 Å². The van der Waals surface area contributed by atoms with Gasteiger partial charge in [0.05, 0.1) is 30.1 Å². The third-order valence-electron chi connectivity index (χ3n) is 4.85. The minimum absolute atomic E-state index is 0.168. The summed E-state index contributed by atoms with van der Waals surface area (Å²) >= 11 is 6.04. The summed E-state index contributed by atoms with van der Waals surface area (Å²) in [6.07, 6.45) is 2.96. The van der Waals surface area contributed by atoms with Crippen LogP contribution in [-0.4, -0.2) is 58.8 Å². The van der Waals surface area contributed by atoms with Gasteiger partial charge in [-0.25, -0.2) is 9.48 Å². The van der Waals surface area contributed by atoms with Gasteiger partial charge in [0.15, 0.2) is 5.82 Å². The highest BCUT2D eigenvalue weighted by Gasteiger charge is 2.26. The smallest absolute Gasteiger partial charge is 0.407 e. The highest BCUT2D eigenvalue weighted by molar-refractivity contribution is 6.30. The molecule has 9 heteroatoms. The molecule has 1 aliphatic rings. The Bertz CT molecular complexity index is 1060. The van der Waals surface area contributed by atoms with Crippen molar-refractivity contribution in [1.82, 2.24) is 20.1 Å². The van der Waals surface area contributed by atoms with E-state index in [-0.39, 0.29) is 6.10 Å². The molecule has 1 aromatic carbocycles. The number of rotatable bonds is 4. The number of carbonyl (C=O) groups excluding carboxylic acids is 1. The molecule has 1 fully saturated rings. The largest absolute Gasteiger partial charge is 0.444 e. The van der Waals surface area contributed by atoms with Crippen LogP contribution in [0.5, 0.6) is 0 Å². The molecule has 1 N–H and O–H groups in total. The quantitative estimate of drug-likeness (QED) is 0.660. The second-order valence-corrected chi connectivity index (χ2v) is 8.86. The lowest BCUT2D eigenvalue weighted by Crippen LogP contribution is -2.48. The van der Waals surface area contributed by atoms with Gasteiger partial charge in [0.2, 0.25) is 0 Å². The number of nitrogens with one attached hydrogen (secondary N) is 1. The Kier molecular flexibility index (Phi) is 6.02. The molecule has 0 aliphatic carbocycles. The summed E-state index contributed by atoms with van der Waals surface area (Å²) < 4.78 is 13.0. The summed E-state index contributed by atoms with van der Waals surface area (Å²) in [7, 11) is 0. The Morgan fingerprint density at radius 2 is 2.06 bits per heavy atom. The van der Waals surface area contributed by atoms with Gasteiger partial charge >= 0.3 is 6.09 Å². The van der Waals surface area contributed by atoms with Gasteiger partial charge in [0, 0.05) is 36.2 Å². The topological polar surface area (TPSA) is 81.5 Å². The number of hydrogen-bond acceptors (Lipinski definition) is 6. The summed E-state index contributed by atoms with van der Waals surface area (Å²) in [6.45, 7) is 7.72. The molecule has 1 atom stereocenters. The highest BCUT2D eigenvalue weighted by Crippen LogP contribution is 2.29. The zero-order valence-electron chi connectivity index (χ0n) is 17.8. The van der Waals surface area contributed by atoms with Crippen LogP contribution in [0.4, 0.5) is 10.6 Å². The Balaban J connectivity index is 1.53. The van der Waals surface area contributed by atoms with E-state index in [0.29, 0.717) is 31.3 Å². The fourth-order valence-electron chi connectivity index (χ4n) is 3.51. The van der Waals surface area contributed by atoms with Crippen molar-refractivity contribution in [3.63, 3.8) is 0 Å². The van der Waals surface area contributed by atoms with Crippen molar-refractivity contribution in [1.29, 1.82) is 0 Å². The number of alkyl carbamates (subject to hydrolysis) is 1. The number of amides is 1. The van der Waals surface area contributed by atoms with E-state index >= 15 is 0 Å². The number of aromatic nitrogens is 3. The molecule has 8 nitrogen and oxygen atoms in total. The molecule has 0 radical (unpaired) electrons. The van der Waals surface area contributed by atoms with E-state index in [0.717, 1.165) is 22.4 Å². The zero-order valence-corrected chi connectivity index (χ0v) is 18.6. The van der Waals surface area contributed by atoms with Crippen molar-refractivity contribution in [3.05, 3.63) is 47.7 Å². The van der Waals surface area contributed by atoms with Crippen LogP contribution in [0.15, 0.2) is 42.7 Å². The third-order valence-corrected chi connectivity index (χ3v) is 5.10. The lowest BCUT2D eigenvalue weighted by Gasteiger charge is -2.33. The number of pyridine rings is 1. The molecule has 1 aliphatic heterocycles. The van der Waals surface area contributed by atoms with E-state index < -0.39 is 11.7 Å². The number of benzene rings is 1. The molecule has 31 heavy (non-hydrogen) atoms. The maximum atomic E-state index is 12.0. The second-order valence-electron chi connectivity index (χ2n) is 8.43. The first-order valence-corrected chi connectivity index (χ1v) is 10.6. The van der Waals surface area contributed by atoms with Crippen LogP contribution in [-0.2, 0) is 9.47 Å². The third kappa shape index (κ3) is 5.08. The van der Waals surface area contributed by atoms with Crippen molar-refractivity contribution >= 4 is 34.4 Å². The number of anilines is 1. The number of fused-ring (bicyclic) bond motifs is 1. The number of nitrogens with zero attached hydrogens (tertiary/aromatic N) is 4. The van der Waals surface area contributed by atoms with Gasteiger partial charge in [-0.2, -0.15) is 0 Å². The van der Waals surface area contributed by atoms with Crippen LogP contribution >= 0.6 is 11.6 Å². The Hall–Kier alpha value is -2.84.